The molecule has 31 heavy (non-hydrogen) atoms. The summed E-state index contributed by atoms with van der Waals surface area (Å²) >= 11 is 2.62. The van der Waals surface area contributed by atoms with Crippen LogP contribution in [-0.4, -0.2) is 27.8 Å². The van der Waals surface area contributed by atoms with Gasteiger partial charge in [0.15, 0.2) is 5.16 Å². The first-order valence-electron chi connectivity index (χ1n) is 9.60. The third-order valence-electron chi connectivity index (χ3n) is 4.62. The van der Waals surface area contributed by atoms with E-state index >= 15 is 0 Å². The van der Waals surface area contributed by atoms with Gasteiger partial charge in [0.25, 0.3) is 5.56 Å². The van der Waals surface area contributed by atoms with E-state index in [0.29, 0.717) is 27.6 Å². The van der Waals surface area contributed by atoms with Gasteiger partial charge in [-0.1, -0.05) is 48.2 Å². The fourth-order valence-electron chi connectivity index (χ4n) is 3.17. The summed E-state index contributed by atoms with van der Waals surface area (Å²) in [6.07, 6.45) is 0.236. The summed E-state index contributed by atoms with van der Waals surface area (Å²) in [5.41, 5.74) is 1.29. The van der Waals surface area contributed by atoms with Gasteiger partial charge >= 0.3 is 0 Å². The van der Waals surface area contributed by atoms with Crippen molar-refractivity contribution in [1.82, 2.24) is 9.55 Å². The van der Waals surface area contributed by atoms with Crippen molar-refractivity contribution in [3.05, 3.63) is 82.5 Å². The highest BCUT2D eigenvalue weighted by molar-refractivity contribution is 7.99. The normalized spacial score (nSPS) is 10.7. The summed E-state index contributed by atoms with van der Waals surface area (Å²) in [5.74, 6) is -0.0530. The van der Waals surface area contributed by atoms with Crippen LogP contribution in [0.5, 0.6) is 0 Å². The van der Waals surface area contributed by atoms with E-state index in [4.69, 9.17) is 5.26 Å². The number of thiophene rings is 1. The third kappa shape index (κ3) is 4.53. The van der Waals surface area contributed by atoms with Crippen molar-refractivity contribution < 1.29 is 4.79 Å². The molecule has 0 saturated carbocycles. The van der Waals surface area contributed by atoms with E-state index in [1.807, 2.05) is 66.0 Å². The van der Waals surface area contributed by atoms with Gasteiger partial charge in [0, 0.05) is 12.2 Å². The van der Waals surface area contributed by atoms with Crippen molar-refractivity contribution >= 4 is 44.9 Å². The first-order chi connectivity index (χ1) is 15.2. The number of para-hydroxylation sites is 2. The highest BCUT2D eigenvalue weighted by Crippen LogP contribution is 2.25. The molecular formula is C23H18N4O2S2. The van der Waals surface area contributed by atoms with Crippen molar-refractivity contribution in [2.24, 2.45) is 0 Å². The monoisotopic (exact) mass is 446 g/mol. The number of fused-ring (bicyclic) bond motifs is 1. The van der Waals surface area contributed by atoms with E-state index in [-0.39, 0.29) is 23.6 Å². The second-order valence-electron chi connectivity index (χ2n) is 6.59. The summed E-state index contributed by atoms with van der Waals surface area (Å²) in [6.45, 7) is 0.308. The van der Waals surface area contributed by atoms with Gasteiger partial charge in [-0.15, -0.1) is 11.3 Å². The lowest BCUT2D eigenvalue weighted by molar-refractivity contribution is -0.116. The molecule has 0 fully saturated rings. The average Bonchev–Trinajstić information content (AvgIpc) is 3.28. The van der Waals surface area contributed by atoms with Gasteiger partial charge in [-0.25, -0.2) is 4.98 Å². The molecule has 0 aliphatic rings. The smallest absolute Gasteiger partial charge is 0.267 e. The molecule has 0 radical (unpaired) electrons. The molecule has 8 heteroatoms. The van der Waals surface area contributed by atoms with Crippen molar-refractivity contribution in [3.8, 4) is 11.8 Å². The van der Waals surface area contributed by atoms with E-state index < -0.39 is 0 Å². The molecule has 0 unspecified atom stereocenters. The number of nitrogens with zero attached hydrogens (tertiary/aromatic N) is 4. The summed E-state index contributed by atoms with van der Waals surface area (Å²) in [6, 6.07) is 22.4. The average molecular weight is 447 g/mol. The molecule has 4 rings (SSSR count). The van der Waals surface area contributed by atoms with E-state index in [1.165, 1.54) is 23.1 Å². The molecule has 2 aromatic heterocycles. The lowest BCUT2D eigenvalue weighted by Gasteiger charge is -2.22. The molecule has 0 bridgehead atoms. The molecule has 0 atom stereocenters. The third-order valence-corrected chi connectivity index (χ3v) is 6.35. The lowest BCUT2D eigenvalue weighted by atomic mass is 10.2. The van der Waals surface area contributed by atoms with Crippen LogP contribution in [0.4, 0.5) is 5.69 Å². The fraction of sp³-hybridized carbons (Fsp3) is 0.130. The van der Waals surface area contributed by atoms with Gasteiger partial charge in [-0.05, 0) is 35.7 Å². The molecule has 1 amide bonds. The van der Waals surface area contributed by atoms with E-state index in [2.05, 4.69) is 11.1 Å². The van der Waals surface area contributed by atoms with Crippen LogP contribution in [-0.2, 0) is 4.79 Å². The second-order valence-corrected chi connectivity index (χ2v) is 8.42. The number of nitriles is 1. The number of rotatable bonds is 7. The standard InChI is InChI=1S/C23H18N4O2S2/c24-13-7-14-26(17-8-3-1-4-9-17)20(28)16-31-23-25-21-19(12-15-30-21)22(29)27(23)18-10-5-2-6-11-18/h1-6,8-12,15H,7,14,16H2. The maximum Gasteiger partial charge on any atom is 0.267 e. The molecule has 0 aliphatic carbocycles. The summed E-state index contributed by atoms with van der Waals surface area (Å²) in [7, 11) is 0. The number of benzene rings is 2. The molecule has 4 aromatic rings. The van der Waals surface area contributed by atoms with Crippen LogP contribution in [0.2, 0.25) is 0 Å². The Kier molecular flexibility index (Phi) is 6.46. The number of hydrogen-bond donors (Lipinski definition) is 0. The molecule has 2 aromatic carbocycles. The maximum absolute atomic E-state index is 13.1. The number of anilines is 1. The van der Waals surface area contributed by atoms with Crippen molar-refractivity contribution in [2.45, 2.75) is 11.6 Å². The van der Waals surface area contributed by atoms with Gasteiger partial charge < -0.3 is 4.90 Å². The Morgan fingerprint density at radius 2 is 1.81 bits per heavy atom. The minimum Gasteiger partial charge on any atom is -0.311 e. The van der Waals surface area contributed by atoms with Crippen LogP contribution in [0, 0.1) is 11.3 Å². The summed E-state index contributed by atoms with van der Waals surface area (Å²) < 4.78 is 1.55. The zero-order chi connectivity index (χ0) is 21.6. The molecule has 2 heterocycles. The van der Waals surface area contributed by atoms with Crippen LogP contribution in [0.25, 0.3) is 15.9 Å². The Hall–Kier alpha value is -3.41. The van der Waals surface area contributed by atoms with Crippen LogP contribution in [0.3, 0.4) is 0 Å². The fourth-order valence-corrected chi connectivity index (χ4v) is 4.86. The SMILES string of the molecule is N#CCCN(C(=O)CSc1nc2sccc2c(=O)n1-c1ccccc1)c1ccccc1. The summed E-state index contributed by atoms with van der Waals surface area (Å²) in [5, 5.41) is 11.9. The van der Waals surface area contributed by atoms with Crippen LogP contribution < -0.4 is 10.5 Å². The van der Waals surface area contributed by atoms with Gasteiger partial charge in [-0.2, -0.15) is 5.26 Å². The van der Waals surface area contributed by atoms with Gasteiger partial charge in [-0.3, -0.25) is 14.2 Å². The Bertz CT molecular complexity index is 1290. The lowest BCUT2D eigenvalue weighted by Crippen LogP contribution is -2.33. The zero-order valence-corrected chi connectivity index (χ0v) is 18.1. The highest BCUT2D eigenvalue weighted by atomic mass is 32.2. The van der Waals surface area contributed by atoms with Crippen molar-refractivity contribution in [1.29, 1.82) is 5.26 Å². The quantitative estimate of drug-likeness (QED) is 0.309. The topological polar surface area (TPSA) is 79.0 Å². The number of carbonyl (C=O) groups is 1. The largest absolute Gasteiger partial charge is 0.311 e. The first kappa shape index (κ1) is 20.8. The van der Waals surface area contributed by atoms with Gasteiger partial charge in [0.2, 0.25) is 5.91 Å². The first-order valence-corrected chi connectivity index (χ1v) is 11.5. The minimum atomic E-state index is -0.156. The Labute approximate surface area is 187 Å². The predicted molar refractivity (Wildman–Crippen MR) is 125 cm³/mol. The maximum atomic E-state index is 13.1. The number of hydrogen-bond acceptors (Lipinski definition) is 6. The zero-order valence-electron chi connectivity index (χ0n) is 16.5. The predicted octanol–water partition coefficient (Wildman–Crippen LogP) is 4.49. The van der Waals surface area contributed by atoms with E-state index in [1.54, 1.807) is 15.5 Å². The molecule has 0 spiro atoms. The highest BCUT2D eigenvalue weighted by Gasteiger charge is 2.19. The molecular weight excluding hydrogens is 428 g/mol. The van der Waals surface area contributed by atoms with Crippen LogP contribution in [0.1, 0.15) is 6.42 Å². The number of amides is 1. The molecule has 154 valence electrons. The molecule has 6 nitrogen and oxygen atoms in total. The number of thioether (sulfide) groups is 1. The van der Waals surface area contributed by atoms with Crippen molar-refractivity contribution in [2.75, 3.05) is 17.2 Å². The molecule has 0 saturated heterocycles. The van der Waals surface area contributed by atoms with Gasteiger partial charge in [0.1, 0.15) is 4.83 Å². The van der Waals surface area contributed by atoms with Gasteiger partial charge in [0.05, 0.1) is 29.3 Å². The van der Waals surface area contributed by atoms with E-state index in [9.17, 15) is 9.59 Å². The van der Waals surface area contributed by atoms with Crippen LogP contribution in [0.15, 0.2) is 82.1 Å². The minimum absolute atomic E-state index is 0.0937. The Morgan fingerprint density at radius 1 is 1.10 bits per heavy atom. The Balaban J connectivity index is 1.66. The number of carbonyl (C=O) groups excluding carboxylic acids is 1. The Morgan fingerprint density at radius 3 is 2.52 bits per heavy atom. The molecule has 0 N–H and O–H groups in total. The molecule has 0 aliphatic heterocycles. The van der Waals surface area contributed by atoms with Crippen LogP contribution >= 0.6 is 23.1 Å². The summed E-state index contributed by atoms with van der Waals surface area (Å²) in [4.78, 5) is 33.1. The number of aromatic nitrogens is 2. The second kappa shape index (κ2) is 9.60. The van der Waals surface area contributed by atoms with Crippen molar-refractivity contribution in [3.63, 3.8) is 0 Å². The van der Waals surface area contributed by atoms with E-state index in [0.717, 1.165) is 5.69 Å².